The summed E-state index contributed by atoms with van der Waals surface area (Å²) >= 11 is 0. The molecule has 2 aromatic rings. The summed E-state index contributed by atoms with van der Waals surface area (Å²) in [5, 5.41) is 2.54. The molecule has 2 amide bonds. The van der Waals surface area contributed by atoms with Gasteiger partial charge >= 0.3 is 18.0 Å². The topological polar surface area (TPSA) is 120 Å². The molecule has 2 atom stereocenters. The first-order valence-electron chi connectivity index (χ1n) is 13.2. The number of nitrogens with one attached hydrogen (secondary N) is 1. The fourth-order valence-corrected chi connectivity index (χ4v) is 5.23. The van der Waals surface area contributed by atoms with Crippen molar-refractivity contribution >= 4 is 23.9 Å². The van der Waals surface area contributed by atoms with Crippen molar-refractivity contribution in [3.63, 3.8) is 0 Å². The molecule has 10 heteroatoms. The Balaban J connectivity index is 1.53. The Morgan fingerprint density at radius 2 is 1.60 bits per heavy atom. The second-order valence-electron chi connectivity index (χ2n) is 11.3. The normalized spacial score (nSPS) is 18.4. The molecule has 10 nitrogen and oxygen atoms in total. The fraction of sp³-hybridized carbons (Fsp3) is 0.467. The van der Waals surface area contributed by atoms with Crippen LogP contribution in [0, 0.1) is 0 Å². The van der Waals surface area contributed by atoms with E-state index in [0.29, 0.717) is 0 Å². The highest BCUT2D eigenvalue weighted by Crippen LogP contribution is 2.44. The van der Waals surface area contributed by atoms with E-state index in [4.69, 9.17) is 18.9 Å². The number of alkyl carbamates (subject to hydrolysis) is 1. The molecular formula is C30H36N2O8. The van der Waals surface area contributed by atoms with Gasteiger partial charge in [-0.15, -0.1) is 0 Å². The zero-order chi connectivity index (χ0) is 29.2. The number of amides is 2. The third-order valence-corrected chi connectivity index (χ3v) is 6.92. The number of ether oxygens (including phenoxy) is 4. The van der Waals surface area contributed by atoms with Gasteiger partial charge in [0.2, 0.25) is 5.91 Å². The largest absolute Gasteiger partial charge is 0.467 e. The van der Waals surface area contributed by atoms with E-state index in [1.54, 1.807) is 34.6 Å². The lowest BCUT2D eigenvalue weighted by molar-refractivity contribution is -0.162. The smallest absolute Gasteiger partial charge is 0.407 e. The Labute approximate surface area is 233 Å². The third kappa shape index (κ3) is 6.12. The van der Waals surface area contributed by atoms with Crippen LogP contribution in [0.2, 0.25) is 0 Å². The van der Waals surface area contributed by atoms with Gasteiger partial charge in [-0.25, -0.2) is 9.59 Å². The van der Waals surface area contributed by atoms with Gasteiger partial charge in [-0.3, -0.25) is 14.5 Å². The van der Waals surface area contributed by atoms with E-state index in [1.807, 2.05) is 48.5 Å². The van der Waals surface area contributed by atoms with Crippen LogP contribution >= 0.6 is 0 Å². The van der Waals surface area contributed by atoms with Gasteiger partial charge in [0.15, 0.2) is 6.04 Å². The molecule has 0 spiro atoms. The minimum Gasteiger partial charge on any atom is -0.467 e. The molecule has 0 saturated carbocycles. The van der Waals surface area contributed by atoms with Gasteiger partial charge in [0, 0.05) is 5.92 Å². The number of hydrogen-bond acceptors (Lipinski definition) is 8. The van der Waals surface area contributed by atoms with Crippen LogP contribution in [0.15, 0.2) is 48.5 Å². The van der Waals surface area contributed by atoms with E-state index in [-0.39, 0.29) is 19.1 Å². The monoisotopic (exact) mass is 552 g/mol. The second kappa shape index (κ2) is 11.3. The van der Waals surface area contributed by atoms with Crippen molar-refractivity contribution < 1.29 is 38.1 Å². The molecule has 1 N–H and O–H groups in total. The van der Waals surface area contributed by atoms with E-state index in [1.165, 1.54) is 12.0 Å². The van der Waals surface area contributed by atoms with E-state index >= 15 is 0 Å². The molecule has 4 rings (SSSR count). The van der Waals surface area contributed by atoms with E-state index in [2.05, 4.69) is 5.32 Å². The maximum Gasteiger partial charge on any atom is 0.407 e. The summed E-state index contributed by atoms with van der Waals surface area (Å²) < 4.78 is 21.6. The lowest BCUT2D eigenvalue weighted by Gasteiger charge is -2.35. The lowest BCUT2D eigenvalue weighted by atomic mass is 9.98. The quantitative estimate of drug-likeness (QED) is 0.407. The molecule has 1 aliphatic carbocycles. The van der Waals surface area contributed by atoms with Crippen LogP contribution in [0.1, 0.15) is 58.1 Å². The molecule has 40 heavy (non-hydrogen) atoms. The highest BCUT2D eigenvalue weighted by molar-refractivity contribution is 5.93. The number of hydrogen-bond donors (Lipinski definition) is 1. The van der Waals surface area contributed by atoms with Gasteiger partial charge < -0.3 is 24.3 Å². The summed E-state index contributed by atoms with van der Waals surface area (Å²) in [5.41, 5.74) is 2.24. The van der Waals surface area contributed by atoms with Gasteiger partial charge in [-0.2, -0.15) is 0 Å². The second-order valence-corrected chi connectivity index (χ2v) is 11.3. The predicted octanol–water partition coefficient (Wildman–Crippen LogP) is 3.76. The predicted molar refractivity (Wildman–Crippen MR) is 145 cm³/mol. The summed E-state index contributed by atoms with van der Waals surface area (Å²) in [5.74, 6) is -2.25. The zero-order valence-electron chi connectivity index (χ0n) is 23.7. The molecule has 2 aliphatic rings. The first kappa shape index (κ1) is 29.1. The van der Waals surface area contributed by atoms with Gasteiger partial charge in [0.05, 0.1) is 20.1 Å². The maximum atomic E-state index is 13.8. The van der Waals surface area contributed by atoms with Crippen molar-refractivity contribution in [2.24, 2.45) is 0 Å². The number of carbonyl (C=O) groups is 4. The molecule has 0 bridgehead atoms. The number of nitrogens with zero attached hydrogens (tertiary/aromatic N) is 1. The molecule has 0 aromatic heterocycles. The molecule has 1 aliphatic heterocycles. The minimum absolute atomic E-state index is 0.0241. The Morgan fingerprint density at radius 1 is 1.02 bits per heavy atom. The zero-order valence-corrected chi connectivity index (χ0v) is 23.7. The number of rotatable bonds is 7. The van der Waals surface area contributed by atoms with Crippen LogP contribution in [0.4, 0.5) is 4.79 Å². The average Bonchev–Trinajstić information content (AvgIpc) is 3.38. The molecular weight excluding hydrogens is 516 g/mol. The van der Waals surface area contributed by atoms with Crippen LogP contribution in [0.5, 0.6) is 0 Å². The van der Waals surface area contributed by atoms with E-state index in [9.17, 15) is 19.2 Å². The molecule has 214 valence electrons. The Bertz CT molecular complexity index is 1250. The molecule has 1 heterocycles. The third-order valence-electron chi connectivity index (χ3n) is 6.92. The Morgan fingerprint density at radius 3 is 2.15 bits per heavy atom. The molecule has 1 fully saturated rings. The van der Waals surface area contributed by atoms with Crippen LogP contribution in [0.3, 0.4) is 0 Å². The number of methoxy groups -OCH3 is 1. The van der Waals surface area contributed by atoms with Crippen molar-refractivity contribution in [1.82, 2.24) is 10.2 Å². The Kier molecular flexibility index (Phi) is 8.20. The van der Waals surface area contributed by atoms with Crippen molar-refractivity contribution in [3.8, 4) is 11.1 Å². The van der Waals surface area contributed by atoms with Gasteiger partial charge in [-0.1, -0.05) is 48.5 Å². The summed E-state index contributed by atoms with van der Waals surface area (Å²) in [7, 11) is 1.21. The van der Waals surface area contributed by atoms with Crippen molar-refractivity contribution in [2.75, 3.05) is 20.3 Å². The van der Waals surface area contributed by atoms with Gasteiger partial charge in [0.1, 0.15) is 24.0 Å². The first-order chi connectivity index (χ1) is 18.8. The number of esters is 2. The summed E-state index contributed by atoms with van der Waals surface area (Å²) in [4.78, 5) is 53.2. The summed E-state index contributed by atoms with van der Waals surface area (Å²) in [6.45, 7) is 8.27. The minimum atomic E-state index is -1.38. The maximum absolute atomic E-state index is 13.8. The van der Waals surface area contributed by atoms with Crippen LogP contribution in [0.25, 0.3) is 11.1 Å². The van der Waals surface area contributed by atoms with E-state index in [0.717, 1.165) is 22.3 Å². The van der Waals surface area contributed by atoms with Crippen LogP contribution < -0.4 is 5.32 Å². The van der Waals surface area contributed by atoms with Gasteiger partial charge in [0.25, 0.3) is 0 Å². The standard InChI is InChI=1S/C30H36N2O8/c1-29(2,3)40-25(33)15-23(26(34)32-24(27(35)37-6)17-39-30(32,4)5)31-28(36)38-16-22-20-13-9-7-11-18(20)19-12-8-10-14-21(19)22/h7-14,22-24H,15-17H2,1-6H3,(H,31,36)/t23-,24-/m0/s1. The molecule has 0 radical (unpaired) electrons. The van der Waals surface area contributed by atoms with Crippen LogP contribution in [-0.4, -0.2) is 72.6 Å². The number of fused-ring (bicyclic) bond motifs is 3. The first-order valence-corrected chi connectivity index (χ1v) is 13.2. The molecule has 0 unspecified atom stereocenters. The number of benzene rings is 2. The Hall–Kier alpha value is -3.92. The van der Waals surface area contributed by atoms with Crippen molar-refractivity contribution in [2.45, 2.75) is 70.4 Å². The summed E-state index contributed by atoms with van der Waals surface area (Å²) in [6, 6.07) is 13.4. The number of carbonyl (C=O) groups excluding carboxylic acids is 4. The highest BCUT2D eigenvalue weighted by Gasteiger charge is 2.50. The summed E-state index contributed by atoms with van der Waals surface area (Å²) in [6.07, 6.45) is -1.35. The van der Waals surface area contributed by atoms with Crippen molar-refractivity contribution in [3.05, 3.63) is 59.7 Å². The van der Waals surface area contributed by atoms with Crippen LogP contribution in [-0.2, 0) is 33.3 Å². The lowest BCUT2D eigenvalue weighted by Crippen LogP contribution is -2.58. The average molecular weight is 553 g/mol. The highest BCUT2D eigenvalue weighted by atomic mass is 16.6. The molecule has 1 saturated heterocycles. The fourth-order valence-electron chi connectivity index (χ4n) is 5.23. The van der Waals surface area contributed by atoms with Gasteiger partial charge in [-0.05, 0) is 56.9 Å². The molecule has 2 aromatic carbocycles. The SMILES string of the molecule is COC(=O)[C@@H]1COC(C)(C)N1C(=O)[C@H](CC(=O)OC(C)(C)C)NC(=O)OCC1c2ccccc2-c2ccccc21. The van der Waals surface area contributed by atoms with Crippen molar-refractivity contribution in [1.29, 1.82) is 0 Å². The van der Waals surface area contributed by atoms with E-state index < -0.39 is 53.8 Å².